The zero-order valence-electron chi connectivity index (χ0n) is 19.0. The van der Waals surface area contributed by atoms with Crippen LogP contribution in [0.5, 0.6) is 11.5 Å². The number of nitrogens with zero attached hydrogens (tertiary/aromatic N) is 3. The summed E-state index contributed by atoms with van der Waals surface area (Å²) in [4.78, 5) is 17.5. The van der Waals surface area contributed by atoms with Gasteiger partial charge >= 0.3 is 0 Å². The van der Waals surface area contributed by atoms with Gasteiger partial charge in [0.15, 0.2) is 11.5 Å². The third-order valence-electron chi connectivity index (χ3n) is 6.28. The number of amides is 1. The van der Waals surface area contributed by atoms with Gasteiger partial charge in [-0.3, -0.25) is 9.69 Å². The van der Waals surface area contributed by atoms with Crippen LogP contribution >= 0.6 is 0 Å². The largest absolute Gasteiger partial charge is 0.497 e. The number of fused-ring (bicyclic) bond motifs is 3. The normalized spacial score (nSPS) is 15.4. The Morgan fingerprint density at radius 3 is 2.67 bits per heavy atom. The minimum atomic E-state index is -0.225. The van der Waals surface area contributed by atoms with Crippen molar-refractivity contribution < 1.29 is 18.8 Å². The van der Waals surface area contributed by atoms with Crippen LogP contribution in [-0.2, 0) is 6.61 Å². The van der Waals surface area contributed by atoms with E-state index in [0.717, 1.165) is 55.3 Å². The Balaban J connectivity index is 1.13. The van der Waals surface area contributed by atoms with Crippen molar-refractivity contribution in [1.82, 2.24) is 15.4 Å². The molecule has 1 amide bonds. The molecule has 0 aliphatic carbocycles. The van der Waals surface area contributed by atoms with Gasteiger partial charge in [0.1, 0.15) is 18.1 Å². The fraction of sp³-hybridized carbons (Fsp3) is 0.360. The summed E-state index contributed by atoms with van der Waals surface area (Å²) in [7, 11) is 1.68. The molecule has 2 aliphatic rings. The second-order valence-corrected chi connectivity index (χ2v) is 8.41. The standard InChI is InChI=1S/C25H28N4O4/c1-17-3-8-22-20(15-17)24-21(16-32-22)23(27-33-24)25(30)26-9-10-28-11-13-29(14-12-28)18-4-6-19(31-2)7-5-18/h3-8,15H,9-14,16H2,1-2H3,(H,26,30). The topological polar surface area (TPSA) is 80.1 Å². The van der Waals surface area contributed by atoms with Crippen molar-refractivity contribution in [3.63, 3.8) is 0 Å². The number of carbonyl (C=O) groups excluding carboxylic acids is 1. The molecule has 3 heterocycles. The van der Waals surface area contributed by atoms with Crippen LogP contribution in [0.2, 0.25) is 0 Å². The number of methoxy groups -OCH3 is 1. The van der Waals surface area contributed by atoms with Crippen LogP contribution in [0.4, 0.5) is 5.69 Å². The molecule has 3 aromatic rings. The van der Waals surface area contributed by atoms with E-state index in [-0.39, 0.29) is 12.5 Å². The van der Waals surface area contributed by atoms with Crippen molar-refractivity contribution >= 4 is 11.6 Å². The number of aromatic nitrogens is 1. The molecule has 0 radical (unpaired) electrons. The fourth-order valence-electron chi connectivity index (χ4n) is 4.36. The van der Waals surface area contributed by atoms with E-state index in [0.29, 0.717) is 23.6 Å². The van der Waals surface area contributed by atoms with E-state index < -0.39 is 0 Å². The Kier molecular flexibility index (Phi) is 5.92. The zero-order valence-corrected chi connectivity index (χ0v) is 19.0. The van der Waals surface area contributed by atoms with Crippen LogP contribution in [0.15, 0.2) is 47.0 Å². The van der Waals surface area contributed by atoms with Crippen LogP contribution in [0.1, 0.15) is 21.6 Å². The number of anilines is 1. The van der Waals surface area contributed by atoms with Crippen molar-refractivity contribution in [3.8, 4) is 22.8 Å². The number of hydrogen-bond acceptors (Lipinski definition) is 7. The molecule has 33 heavy (non-hydrogen) atoms. The summed E-state index contributed by atoms with van der Waals surface area (Å²) < 4.78 is 16.6. The molecule has 1 saturated heterocycles. The molecular formula is C25H28N4O4. The van der Waals surface area contributed by atoms with Gasteiger partial charge in [0, 0.05) is 45.0 Å². The van der Waals surface area contributed by atoms with Crippen LogP contribution in [0.25, 0.3) is 11.3 Å². The van der Waals surface area contributed by atoms with Crippen molar-refractivity contribution in [1.29, 1.82) is 0 Å². The SMILES string of the molecule is COc1ccc(N2CCN(CCNC(=O)c3noc4c3COc3ccc(C)cc3-4)CC2)cc1. The van der Waals surface area contributed by atoms with Crippen molar-refractivity contribution in [2.24, 2.45) is 0 Å². The van der Waals surface area contributed by atoms with Crippen molar-refractivity contribution in [3.05, 3.63) is 59.3 Å². The number of piperazine rings is 1. The Hall–Kier alpha value is -3.52. The summed E-state index contributed by atoms with van der Waals surface area (Å²) >= 11 is 0. The van der Waals surface area contributed by atoms with Crippen molar-refractivity contribution in [2.75, 3.05) is 51.3 Å². The minimum Gasteiger partial charge on any atom is -0.497 e. The molecule has 0 atom stereocenters. The van der Waals surface area contributed by atoms with Gasteiger partial charge in [-0.1, -0.05) is 16.8 Å². The first-order valence-corrected chi connectivity index (χ1v) is 11.2. The first kappa shape index (κ1) is 21.3. The van der Waals surface area contributed by atoms with Gasteiger partial charge in [-0.25, -0.2) is 0 Å². The molecule has 0 unspecified atom stereocenters. The van der Waals surface area contributed by atoms with Crippen LogP contribution in [0.3, 0.4) is 0 Å². The fourth-order valence-corrected chi connectivity index (χ4v) is 4.36. The number of rotatable bonds is 6. The molecular weight excluding hydrogens is 420 g/mol. The van der Waals surface area contributed by atoms with Crippen LogP contribution in [-0.4, -0.2) is 62.3 Å². The number of nitrogens with one attached hydrogen (secondary N) is 1. The zero-order chi connectivity index (χ0) is 22.8. The lowest BCUT2D eigenvalue weighted by molar-refractivity contribution is 0.0936. The van der Waals surface area contributed by atoms with Gasteiger partial charge < -0.3 is 24.2 Å². The molecule has 172 valence electrons. The van der Waals surface area contributed by atoms with E-state index in [1.54, 1.807) is 7.11 Å². The molecule has 1 N–H and O–H groups in total. The second-order valence-electron chi connectivity index (χ2n) is 8.41. The van der Waals surface area contributed by atoms with Crippen LogP contribution < -0.4 is 19.7 Å². The summed E-state index contributed by atoms with van der Waals surface area (Å²) in [5.41, 5.74) is 4.16. The molecule has 0 saturated carbocycles. The average Bonchev–Trinajstić information content (AvgIpc) is 3.29. The van der Waals surface area contributed by atoms with E-state index in [2.05, 4.69) is 32.4 Å². The Labute approximate surface area is 193 Å². The first-order chi connectivity index (χ1) is 16.1. The highest BCUT2D eigenvalue weighted by molar-refractivity contribution is 5.95. The van der Waals surface area contributed by atoms with E-state index in [4.69, 9.17) is 14.0 Å². The van der Waals surface area contributed by atoms with E-state index in [9.17, 15) is 4.79 Å². The average molecular weight is 449 g/mol. The summed E-state index contributed by atoms with van der Waals surface area (Å²) in [5, 5.41) is 7.04. The first-order valence-electron chi connectivity index (χ1n) is 11.2. The number of benzene rings is 2. The van der Waals surface area contributed by atoms with E-state index >= 15 is 0 Å². The Morgan fingerprint density at radius 2 is 1.91 bits per heavy atom. The number of aryl methyl sites for hydroxylation is 1. The highest BCUT2D eigenvalue weighted by Crippen LogP contribution is 2.39. The molecule has 2 aliphatic heterocycles. The molecule has 1 fully saturated rings. The maximum absolute atomic E-state index is 12.8. The maximum Gasteiger partial charge on any atom is 0.273 e. The third kappa shape index (κ3) is 4.39. The van der Waals surface area contributed by atoms with Gasteiger partial charge in [-0.05, 0) is 43.3 Å². The molecule has 1 aromatic heterocycles. The predicted octanol–water partition coefficient (Wildman–Crippen LogP) is 3.10. The van der Waals surface area contributed by atoms with Crippen molar-refractivity contribution in [2.45, 2.75) is 13.5 Å². The molecule has 2 aromatic carbocycles. The summed E-state index contributed by atoms with van der Waals surface area (Å²) in [6, 6.07) is 14.1. The predicted molar refractivity (Wildman–Crippen MR) is 125 cm³/mol. The quantitative estimate of drug-likeness (QED) is 0.621. The second kappa shape index (κ2) is 9.15. The number of ether oxygens (including phenoxy) is 2. The molecule has 5 rings (SSSR count). The highest BCUT2D eigenvalue weighted by atomic mass is 16.5. The lowest BCUT2D eigenvalue weighted by atomic mass is 10.0. The smallest absolute Gasteiger partial charge is 0.273 e. The highest BCUT2D eigenvalue weighted by Gasteiger charge is 2.29. The van der Waals surface area contributed by atoms with Gasteiger partial charge in [-0.2, -0.15) is 0 Å². The minimum absolute atomic E-state index is 0.225. The third-order valence-corrected chi connectivity index (χ3v) is 6.28. The summed E-state index contributed by atoms with van der Waals surface area (Å²) in [6.45, 7) is 7.44. The maximum atomic E-state index is 12.8. The van der Waals surface area contributed by atoms with Gasteiger partial charge in [0.2, 0.25) is 0 Å². The molecule has 8 heteroatoms. The summed E-state index contributed by atoms with van der Waals surface area (Å²) in [5.74, 6) is 2.02. The van der Waals surface area contributed by atoms with E-state index in [1.165, 1.54) is 5.69 Å². The molecule has 0 bridgehead atoms. The van der Waals surface area contributed by atoms with Gasteiger partial charge in [0.05, 0.1) is 18.2 Å². The number of carbonyl (C=O) groups is 1. The van der Waals surface area contributed by atoms with E-state index in [1.807, 2.05) is 37.3 Å². The number of hydrogen-bond donors (Lipinski definition) is 1. The lowest BCUT2D eigenvalue weighted by Crippen LogP contribution is -2.48. The molecule has 0 spiro atoms. The monoisotopic (exact) mass is 448 g/mol. The Bertz CT molecular complexity index is 1130. The summed E-state index contributed by atoms with van der Waals surface area (Å²) in [6.07, 6.45) is 0. The lowest BCUT2D eigenvalue weighted by Gasteiger charge is -2.36. The van der Waals surface area contributed by atoms with Crippen LogP contribution in [0, 0.1) is 6.92 Å². The van der Waals surface area contributed by atoms with Gasteiger partial charge in [-0.15, -0.1) is 0 Å². The van der Waals surface area contributed by atoms with Gasteiger partial charge in [0.25, 0.3) is 5.91 Å². The molecule has 8 nitrogen and oxygen atoms in total. The Morgan fingerprint density at radius 1 is 1.12 bits per heavy atom.